The normalized spacial score (nSPS) is 10.0. The molecule has 0 aromatic carbocycles. The number of oxazole rings is 1. The quantitative estimate of drug-likeness (QED) is 0.621. The van der Waals surface area contributed by atoms with Gasteiger partial charge in [0, 0.05) is 5.38 Å². The number of rotatable bonds is 1. The summed E-state index contributed by atoms with van der Waals surface area (Å²) < 4.78 is 4.99. The van der Waals surface area contributed by atoms with Crippen LogP contribution in [0.25, 0.3) is 11.5 Å². The lowest BCUT2D eigenvalue weighted by molar-refractivity contribution is 0.570. The lowest BCUT2D eigenvalue weighted by Crippen LogP contribution is -1.68. The van der Waals surface area contributed by atoms with Gasteiger partial charge in [-0.1, -0.05) is 0 Å². The Bertz CT molecular complexity index is 255. The Hall–Kier alpha value is -1.16. The van der Waals surface area contributed by atoms with Crippen molar-refractivity contribution >= 4 is 11.3 Å². The summed E-state index contributed by atoms with van der Waals surface area (Å²) in [6.45, 7) is 0. The van der Waals surface area contributed by atoms with Crippen LogP contribution in [0.1, 0.15) is 0 Å². The molecule has 0 saturated heterocycles. The standard InChI is InChI=1S/C6H3N2OS/c1-6(9-3-7-1)5-2-10-4-8-5/h1-3H. The molecule has 0 saturated carbocycles. The molecule has 10 heavy (non-hydrogen) atoms. The molecule has 0 aliphatic heterocycles. The Kier molecular flexibility index (Phi) is 1.25. The number of thiazole rings is 1. The minimum Gasteiger partial charge on any atom is -0.442 e. The van der Waals surface area contributed by atoms with Crippen LogP contribution >= 0.6 is 11.3 Å². The highest BCUT2D eigenvalue weighted by Gasteiger charge is 2.01. The topological polar surface area (TPSA) is 38.9 Å². The SMILES string of the molecule is [c]1nc(-c2cnco2)cs1. The zero-order valence-electron chi connectivity index (χ0n) is 4.94. The fourth-order valence-electron chi connectivity index (χ4n) is 0.639. The molecule has 2 aromatic heterocycles. The molecule has 2 aromatic rings. The highest BCUT2D eigenvalue weighted by molar-refractivity contribution is 7.07. The summed E-state index contributed by atoms with van der Waals surface area (Å²) in [6, 6.07) is 0. The van der Waals surface area contributed by atoms with Gasteiger partial charge in [-0.15, -0.1) is 11.3 Å². The summed E-state index contributed by atoms with van der Waals surface area (Å²) in [5.41, 5.74) is 3.52. The molecule has 0 bridgehead atoms. The minimum absolute atomic E-state index is 0.692. The molecule has 0 atom stereocenters. The van der Waals surface area contributed by atoms with Crippen LogP contribution in [0.4, 0.5) is 0 Å². The van der Waals surface area contributed by atoms with E-state index in [0.29, 0.717) is 5.76 Å². The van der Waals surface area contributed by atoms with Crippen LogP contribution in [-0.4, -0.2) is 9.97 Å². The number of hydrogen-bond acceptors (Lipinski definition) is 4. The fourth-order valence-corrected chi connectivity index (χ4v) is 1.12. The van der Waals surface area contributed by atoms with E-state index in [1.54, 1.807) is 6.20 Å². The Morgan fingerprint density at radius 3 is 3.20 bits per heavy atom. The smallest absolute Gasteiger partial charge is 0.181 e. The van der Waals surface area contributed by atoms with Crippen LogP contribution in [-0.2, 0) is 0 Å². The number of hydrogen-bond donors (Lipinski definition) is 0. The highest BCUT2D eigenvalue weighted by Crippen LogP contribution is 2.16. The van der Waals surface area contributed by atoms with E-state index in [4.69, 9.17) is 4.42 Å². The van der Waals surface area contributed by atoms with E-state index in [-0.39, 0.29) is 0 Å². The zero-order valence-corrected chi connectivity index (χ0v) is 5.76. The van der Waals surface area contributed by atoms with Crippen LogP contribution < -0.4 is 0 Å². The van der Waals surface area contributed by atoms with Crippen molar-refractivity contribution in [1.82, 2.24) is 9.97 Å². The van der Waals surface area contributed by atoms with Gasteiger partial charge in [0.15, 0.2) is 17.7 Å². The predicted octanol–water partition coefficient (Wildman–Crippen LogP) is 1.60. The Morgan fingerprint density at radius 1 is 1.60 bits per heavy atom. The van der Waals surface area contributed by atoms with Gasteiger partial charge in [0.1, 0.15) is 5.69 Å². The van der Waals surface area contributed by atoms with Gasteiger partial charge in [-0.05, 0) is 0 Å². The molecule has 4 heteroatoms. The molecule has 0 spiro atoms. The molecule has 3 nitrogen and oxygen atoms in total. The Balaban J connectivity index is 2.48. The lowest BCUT2D eigenvalue weighted by atomic mass is 10.4. The third-order valence-corrected chi connectivity index (χ3v) is 1.61. The van der Waals surface area contributed by atoms with Gasteiger partial charge in [0.25, 0.3) is 0 Å². The predicted molar refractivity (Wildman–Crippen MR) is 36.4 cm³/mol. The van der Waals surface area contributed by atoms with Crippen molar-refractivity contribution in [2.45, 2.75) is 0 Å². The maximum atomic E-state index is 4.99. The first-order valence-corrected chi connectivity index (χ1v) is 3.55. The molecule has 0 aliphatic rings. The Morgan fingerprint density at radius 2 is 2.60 bits per heavy atom. The molecule has 1 radical (unpaired) electrons. The van der Waals surface area contributed by atoms with Crippen LogP contribution in [0.15, 0.2) is 22.4 Å². The summed E-state index contributed by atoms with van der Waals surface area (Å²) in [5, 5.41) is 1.86. The van der Waals surface area contributed by atoms with Gasteiger partial charge in [-0.25, -0.2) is 9.97 Å². The molecule has 0 amide bonds. The van der Waals surface area contributed by atoms with Crippen LogP contribution in [0, 0.1) is 5.51 Å². The van der Waals surface area contributed by atoms with Crippen molar-refractivity contribution < 1.29 is 4.42 Å². The second-order valence-corrected chi connectivity index (χ2v) is 2.34. The van der Waals surface area contributed by atoms with E-state index < -0.39 is 0 Å². The molecule has 0 unspecified atom stereocenters. The molecular formula is C6H3N2OS. The maximum absolute atomic E-state index is 4.99. The van der Waals surface area contributed by atoms with Crippen LogP contribution in [0.2, 0.25) is 0 Å². The summed E-state index contributed by atoms with van der Waals surface area (Å²) in [5.74, 6) is 0.692. The minimum atomic E-state index is 0.692. The zero-order chi connectivity index (χ0) is 6.81. The first-order valence-electron chi connectivity index (χ1n) is 2.67. The highest BCUT2D eigenvalue weighted by atomic mass is 32.1. The molecule has 0 aliphatic carbocycles. The van der Waals surface area contributed by atoms with E-state index in [9.17, 15) is 0 Å². The first-order chi connectivity index (χ1) is 4.97. The molecule has 0 fully saturated rings. The lowest BCUT2D eigenvalue weighted by Gasteiger charge is -1.81. The van der Waals surface area contributed by atoms with Crippen molar-refractivity contribution in [1.29, 1.82) is 0 Å². The monoisotopic (exact) mass is 151 g/mol. The number of nitrogens with zero attached hydrogens (tertiary/aromatic N) is 2. The van der Waals surface area contributed by atoms with Gasteiger partial charge in [0.05, 0.1) is 6.20 Å². The second-order valence-electron chi connectivity index (χ2n) is 1.69. The van der Waals surface area contributed by atoms with E-state index in [0.717, 1.165) is 5.69 Å². The molecular weight excluding hydrogens is 148 g/mol. The average molecular weight is 151 g/mol. The number of aromatic nitrogens is 2. The van der Waals surface area contributed by atoms with Gasteiger partial charge in [0.2, 0.25) is 0 Å². The van der Waals surface area contributed by atoms with Crippen molar-refractivity contribution in [3.8, 4) is 11.5 Å². The van der Waals surface area contributed by atoms with Crippen molar-refractivity contribution in [3.63, 3.8) is 0 Å². The van der Waals surface area contributed by atoms with Crippen molar-refractivity contribution in [2.75, 3.05) is 0 Å². The van der Waals surface area contributed by atoms with E-state index in [2.05, 4.69) is 15.5 Å². The molecule has 49 valence electrons. The van der Waals surface area contributed by atoms with Crippen LogP contribution in [0.5, 0.6) is 0 Å². The Labute approximate surface area is 61.4 Å². The molecule has 2 heterocycles. The third-order valence-electron chi connectivity index (χ3n) is 1.07. The van der Waals surface area contributed by atoms with Crippen molar-refractivity contribution in [3.05, 3.63) is 23.5 Å². The van der Waals surface area contributed by atoms with Gasteiger partial charge >= 0.3 is 0 Å². The first kappa shape index (κ1) is 5.61. The van der Waals surface area contributed by atoms with E-state index >= 15 is 0 Å². The third kappa shape index (κ3) is 0.823. The van der Waals surface area contributed by atoms with Gasteiger partial charge in [-0.3, -0.25) is 0 Å². The summed E-state index contributed by atoms with van der Waals surface area (Å²) in [6.07, 6.45) is 3.01. The van der Waals surface area contributed by atoms with Crippen molar-refractivity contribution in [2.24, 2.45) is 0 Å². The second kappa shape index (κ2) is 2.22. The van der Waals surface area contributed by atoms with Gasteiger partial charge in [-0.2, -0.15) is 0 Å². The van der Waals surface area contributed by atoms with E-state index in [1.165, 1.54) is 17.7 Å². The summed E-state index contributed by atoms with van der Waals surface area (Å²) in [7, 11) is 0. The molecule has 0 N–H and O–H groups in total. The van der Waals surface area contributed by atoms with E-state index in [1.807, 2.05) is 5.38 Å². The average Bonchev–Trinajstić information content (AvgIpc) is 2.59. The fraction of sp³-hybridized carbons (Fsp3) is 0. The summed E-state index contributed by atoms with van der Waals surface area (Å²) in [4.78, 5) is 7.68. The summed E-state index contributed by atoms with van der Waals surface area (Å²) >= 11 is 1.41. The van der Waals surface area contributed by atoms with Gasteiger partial charge < -0.3 is 4.42 Å². The molecule has 2 rings (SSSR count). The maximum Gasteiger partial charge on any atom is 0.181 e. The largest absolute Gasteiger partial charge is 0.442 e. The van der Waals surface area contributed by atoms with Crippen LogP contribution in [0.3, 0.4) is 0 Å².